The predicted octanol–water partition coefficient (Wildman–Crippen LogP) is 5.89. The Morgan fingerprint density at radius 2 is 1.79 bits per heavy atom. The molecule has 2 aromatic heterocycles. The van der Waals surface area contributed by atoms with Crippen molar-refractivity contribution >= 4 is 27.4 Å². The van der Waals surface area contributed by atoms with Crippen LogP contribution in [0, 0.1) is 18.3 Å². The summed E-state index contributed by atoms with van der Waals surface area (Å²) in [7, 11) is 0. The fourth-order valence-electron chi connectivity index (χ4n) is 4.36. The smallest absolute Gasteiger partial charge is 0.263 e. The quantitative estimate of drug-likeness (QED) is 0.386. The molecule has 5 nitrogen and oxygen atoms in total. The standard InChI is InChI=1S/C28H22N4O/c1-18-8-6-9-21-15-26(32(28(33)27(18)21)22-10-4-3-5-11-22)19(2)31-25-13-7-12-24-23(25)14-20(16-29)17-30-24/h3-15,17,19,31H,1-2H3/t19-/m0/s1. The molecule has 0 amide bonds. The van der Waals surface area contributed by atoms with Gasteiger partial charge in [-0.3, -0.25) is 14.3 Å². The summed E-state index contributed by atoms with van der Waals surface area (Å²) in [4.78, 5) is 18.1. The van der Waals surface area contributed by atoms with Crippen molar-refractivity contribution in [1.29, 1.82) is 5.26 Å². The summed E-state index contributed by atoms with van der Waals surface area (Å²) < 4.78 is 1.79. The number of aromatic nitrogens is 2. The van der Waals surface area contributed by atoms with Crippen molar-refractivity contribution in [1.82, 2.24) is 9.55 Å². The highest BCUT2D eigenvalue weighted by atomic mass is 16.1. The molecule has 0 spiro atoms. The van der Waals surface area contributed by atoms with E-state index in [2.05, 4.69) is 22.4 Å². The Morgan fingerprint density at radius 1 is 1.00 bits per heavy atom. The first-order valence-corrected chi connectivity index (χ1v) is 10.8. The van der Waals surface area contributed by atoms with E-state index in [-0.39, 0.29) is 11.6 Å². The van der Waals surface area contributed by atoms with Crippen LogP contribution in [-0.4, -0.2) is 9.55 Å². The van der Waals surface area contributed by atoms with Gasteiger partial charge in [0.25, 0.3) is 5.56 Å². The molecule has 33 heavy (non-hydrogen) atoms. The lowest BCUT2D eigenvalue weighted by Crippen LogP contribution is -2.26. The zero-order valence-electron chi connectivity index (χ0n) is 18.4. The first-order chi connectivity index (χ1) is 16.1. The van der Waals surface area contributed by atoms with Gasteiger partial charge >= 0.3 is 0 Å². The van der Waals surface area contributed by atoms with E-state index < -0.39 is 0 Å². The van der Waals surface area contributed by atoms with Crippen LogP contribution in [0.25, 0.3) is 27.4 Å². The fourth-order valence-corrected chi connectivity index (χ4v) is 4.36. The number of aryl methyl sites for hydroxylation is 1. The highest BCUT2D eigenvalue weighted by molar-refractivity contribution is 5.92. The summed E-state index contributed by atoms with van der Waals surface area (Å²) in [5.41, 5.74) is 4.77. The Balaban J connectivity index is 1.70. The number of fused-ring (bicyclic) bond motifs is 2. The van der Waals surface area contributed by atoms with Crippen LogP contribution >= 0.6 is 0 Å². The van der Waals surface area contributed by atoms with Crippen molar-refractivity contribution < 1.29 is 0 Å². The minimum absolute atomic E-state index is 0.0354. The maximum atomic E-state index is 13.7. The van der Waals surface area contributed by atoms with E-state index in [9.17, 15) is 10.1 Å². The molecular weight excluding hydrogens is 408 g/mol. The highest BCUT2D eigenvalue weighted by Gasteiger charge is 2.18. The lowest BCUT2D eigenvalue weighted by Gasteiger charge is -2.23. The molecule has 1 atom stereocenters. The Kier molecular flexibility index (Phi) is 5.12. The Labute approximate surface area is 191 Å². The molecule has 0 unspecified atom stereocenters. The number of para-hydroxylation sites is 1. The van der Waals surface area contributed by atoms with Gasteiger partial charge in [-0.2, -0.15) is 5.26 Å². The first kappa shape index (κ1) is 20.5. The number of anilines is 1. The van der Waals surface area contributed by atoms with E-state index >= 15 is 0 Å². The molecule has 5 aromatic rings. The second-order valence-corrected chi connectivity index (χ2v) is 8.16. The molecule has 0 aliphatic heterocycles. The Bertz CT molecular complexity index is 1600. The summed E-state index contributed by atoms with van der Waals surface area (Å²) in [6.07, 6.45) is 1.58. The molecule has 5 rings (SSSR count). The minimum atomic E-state index is -0.195. The fraction of sp³-hybridized carbons (Fsp3) is 0.107. The summed E-state index contributed by atoms with van der Waals surface area (Å²) in [5, 5.41) is 15.4. The van der Waals surface area contributed by atoms with Gasteiger partial charge in [0.05, 0.1) is 22.5 Å². The van der Waals surface area contributed by atoms with Crippen LogP contribution in [0.5, 0.6) is 0 Å². The van der Waals surface area contributed by atoms with Crippen molar-refractivity contribution in [3.05, 3.63) is 112 Å². The maximum absolute atomic E-state index is 13.7. The van der Waals surface area contributed by atoms with Crippen LogP contribution in [-0.2, 0) is 0 Å². The van der Waals surface area contributed by atoms with Crippen LogP contribution in [0.1, 0.15) is 29.8 Å². The maximum Gasteiger partial charge on any atom is 0.263 e. The van der Waals surface area contributed by atoms with Crippen LogP contribution in [0.3, 0.4) is 0 Å². The van der Waals surface area contributed by atoms with Gasteiger partial charge in [0.1, 0.15) is 6.07 Å². The highest BCUT2D eigenvalue weighted by Crippen LogP contribution is 2.29. The number of hydrogen-bond acceptors (Lipinski definition) is 4. The molecule has 0 saturated heterocycles. The van der Waals surface area contributed by atoms with E-state index in [1.165, 1.54) is 0 Å². The number of nitriles is 1. The van der Waals surface area contributed by atoms with E-state index in [0.717, 1.165) is 44.3 Å². The van der Waals surface area contributed by atoms with Crippen LogP contribution in [0.2, 0.25) is 0 Å². The van der Waals surface area contributed by atoms with Crippen molar-refractivity contribution in [3.63, 3.8) is 0 Å². The van der Waals surface area contributed by atoms with E-state index in [1.54, 1.807) is 10.8 Å². The molecule has 160 valence electrons. The lowest BCUT2D eigenvalue weighted by molar-refractivity contribution is 0.778. The Hall–Kier alpha value is -4.43. The van der Waals surface area contributed by atoms with Gasteiger partial charge in [-0.15, -0.1) is 0 Å². The molecular formula is C28H22N4O. The number of rotatable bonds is 4. The van der Waals surface area contributed by atoms with Gasteiger partial charge in [-0.05, 0) is 61.2 Å². The zero-order chi connectivity index (χ0) is 22.9. The SMILES string of the molecule is Cc1cccc2cc([C@H](C)Nc3cccc4ncc(C#N)cc34)n(-c3ccccc3)c(=O)c12. The number of nitrogens with zero attached hydrogens (tertiary/aromatic N) is 3. The third-order valence-corrected chi connectivity index (χ3v) is 5.97. The van der Waals surface area contributed by atoms with Crippen molar-refractivity contribution in [2.24, 2.45) is 0 Å². The van der Waals surface area contributed by atoms with Gasteiger partial charge < -0.3 is 5.32 Å². The second kappa shape index (κ2) is 8.25. The van der Waals surface area contributed by atoms with Gasteiger partial charge in [-0.25, -0.2) is 0 Å². The zero-order valence-corrected chi connectivity index (χ0v) is 18.4. The molecule has 0 radical (unpaired) electrons. The van der Waals surface area contributed by atoms with Gasteiger partial charge in [-0.1, -0.05) is 42.5 Å². The number of pyridine rings is 2. The van der Waals surface area contributed by atoms with Gasteiger partial charge in [0.2, 0.25) is 0 Å². The topological polar surface area (TPSA) is 70.7 Å². The van der Waals surface area contributed by atoms with Gasteiger partial charge in [0, 0.05) is 28.7 Å². The second-order valence-electron chi connectivity index (χ2n) is 8.16. The van der Waals surface area contributed by atoms with E-state index in [0.29, 0.717) is 5.56 Å². The number of nitrogens with one attached hydrogen (secondary N) is 1. The van der Waals surface area contributed by atoms with Gasteiger partial charge in [0.15, 0.2) is 0 Å². The van der Waals surface area contributed by atoms with Crippen LogP contribution in [0.4, 0.5) is 5.69 Å². The van der Waals surface area contributed by atoms with Crippen molar-refractivity contribution in [2.75, 3.05) is 5.32 Å². The number of hydrogen-bond donors (Lipinski definition) is 1. The molecule has 5 heteroatoms. The average Bonchev–Trinajstić information content (AvgIpc) is 2.84. The lowest BCUT2D eigenvalue weighted by atomic mass is 10.0. The summed E-state index contributed by atoms with van der Waals surface area (Å²) in [5.74, 6) is 0. The summed E-state index contributed by atoms with van der Waals surface area (Å²) in [6, 6.07) is 27.3. The van der Waals surface area contributed by atoms with E-state index in [4.69, 9.17) is 0 Å². The van der Waals surface area contributed by atoms with E-state index in [1.807, 2.05) is 86.6 Å². The molecule has 1 N–H and O–H groups in total. The monoisotopic (exact) mass is 430 g/mol. The molecule has 3 aromatic carbocycles. The molecule has 0 aliphatic rings. The van der Waals surface area contributed by atoms with Crippen LogP contribution < -0.4 is 10.9 Å². The largest absolute Gasteiger partial charge is 0.376 e. The minimum Gasteiger partial charge on any atom is -0.376 e. The number of benzene rings is 3. The summed E-state index contributed by atoms with van der Waals surface area (Å²) in [6.45, 7) is 4.01. The molecule has 0 bridgehead atoms. The van der Waals surface area contributed by atoms with Crippen molar-refractivity contribution in [2.45, 2.75) is 19.9 Å². The van der Waals surface area contributed by atoms with Crippen molar-refractivity contribution in [3.8, 4) is 11.8 Å². The molecule has 0 fully saturated rings. The third-order valence-electron chi connectivity index (χ3n) is 5.97. The third kappa shape index (κ3) is 3.62. The molecule has 0 saturated carbocycles. The van der Waals surface area contributed by atoms with Crippen LogP contribution in [0.15, 0.2) is 89.9 Å². The summed E-state index contributed by atoms with van der Waals surface area (Å²) >= 11 is 0. The molecule has 0 aliphatic carbocycles. The predicted molar refractivity (Wildman–Crippen MR) is 133 cm³/mol. The average molecular weight is 431 g/mol. The Morgan fingerprint density at radius 3 is 2.58 bits per heavy atom. The normalized spacial score (nSPS) is 11.9. The molecule has 2 heterocycles. The first-order valence-electron chi connectivity index (χ1n) is 10.8.